The van der Waals surface area contributed by atoms with E-state index < -0.39 is 30.5 Å². The number of hydrogen-bond donors (Lipinski definition) is 3. The maximum atomic E-state index is 12.0. The third-order valence-electron chi connectivity index (χ3n) is 4.39. The standard InChI is InChI=1S/C17H17N5O5/c18-14-11-15(20-7-19-14)22(8-21-11)16-13(24)12(23)10(27-16)6-26-17(25)9-4-2-1-3-5-9/h1-5,7-8,10,12-13,16,23-24H,6H2,(H2,18,19,20)/t10-,12-,13+,16+/m1/s1. The highest BCUT2D eigenvalue weighted by molar-refractivity contribution is 5.89. The van der Waals surface area contributed by atoms with Gasteiger partial charge in [-0.3, -0.25) is 4.57 Å². The number of imidazole rings is 1. The molecule has 4 N–H and O–H groups in total. The van der Waals surface area contributed by atoms with Gasteiger partial charge in [0, 0.05) is 0 Å². The minimum Gasteiger partial charge on any atom is -0.459 e. The summed E-state index contributed by atoms with van der Waals surface area (Å²) in [5.74, 6) is -0.349. The number of carbonyl (C=O) groups is 1. The number of benzene rings is 1. The lowest BCUT2D eigenvalue weighted by atomic mass is 10.1. The number of ether oxygens (including phenoxy) is 2. The molecule has 0 unspecified atom stereocenters. The van der Waals surface area contributed by atoms with E-state index >= 15 is 0 Å². The van der Waals surface area contributed by atoms with Gasteiger partial charge in [0.05, 0.1) is 11.9 Å². The molecule has 1 fully saturated rings. The van der Waals surface area contributed by atoms with Crippen LogP contribution in [0.4, 0.5) is 5.82 Å². The van der Waals surface area contributed by atoms with Crippen LogP contribution >= 0.6 is 0 Å². The van der Waals surface area contributed by atoms with Crippen LogP contribution < -0.4 is 5.73 Å². The zero-order valence-corrected chi connectivity index (χ0v) is 14.0. The monoisotopic (exact) mass is 371 g/mol. The predicted molar refractivity (Wildman–Crippen MR) is 92.4 cm³/mol. The normalized spacial score (nSPS) is 25.0. The second-order valence-corrected chi connectivity index (χ2v) is 6.09. The van der Waals surface area contributed by atoms with E-state index in [2.05, 4.69) is 15.0 Å². The van der Waals surface area contributed by atoms with Gasteiger partial charge in [-0.05, 0) is 12.1 Å². The van der Waals surface area contributed by atoms with Crippen LogP contribution in [0, 0.1) is 0 Å². The number of esters is 1. The Bertz CT molecular complexity index is 963. The molecule has 1 aliphatic heterocycles. The van der Waals surface area contributed by atoms with Crippen molar-refractivity contribution in [1.82, 2.24) is 19.5 Å². The van der Waals surface area contributed by atoms with Crippen molar-refractivity contribution in [3.63, 3.8) is 0 Å². The Hall–Kier alpha value is -3.08. The molecule has 0 bridgehead atoms. The molecule has 0 amide bonds. The summed E-state index contributed by atoms with van der Waals surface area (Å²) >= 11 is 0. The third-order valence-corrected chi connectivity index (χ3v) is 4.39. The fraction of sp³-hybridized carbons (Fsp3) is 0.294. The van der Waals surface area contributed by atoms with Gasteiger partial charge < -0.3 is 25.4 Å². The summed E-state index contributed by atoms with van der Waals surface area (Å²) in [6, 6.07) is 8.46. The van der Waals surface area contributed by atoms with Crippen molar-refractivity contribution in [3.8, 4) is 0 Å². The third kappa shape index (κ3) is 3.10. The molecule has 0 radical (unpaired) electrons. The average molecular weight is 371 g/mol. The molecular formula is C17H17N5O5. The van der Waals surface area contributed by atoms with Gasteiger partial charge in [-0.15, -0.1) is 0 Å². The zero-order chi connectivity index (χ0) is 19.0. The molecule has 3 heterocycles. The largest absolute Gasteiger partial charge is 0.459 e. The van der Waals surface area contributed by atoms with Crippen molar-refractivity contribution in [2.75, 3.05) is 12.3 Å². The maximum Gasteiger partial charge on any atom is 0.338 e. The van der Waals surface area contributed by atoms with Crippen LogP contribution in [0.25, 0.3) is 11.2 Å². The topological polar surface area (TPSA) is 146 Å². The molecule has 1 aromatic carbocycles. The lowest BCUT2D eigenvalue weighted by Gasteiger charge is -2.16. The number of aliphatic hydroxyl groups excluding tert-OH is 2. The van der Waals surface area contributed by atoms with Crippen molar-refractivity contribution in [2.45, 2.75) is 24.5 Å². The van der Waals surface area contributed by atoms with E-state index in [1.54, 1.807) is 30.3 Å². The zero-order valence-electron chi connectivity index (χ0n) is 14.0. The van der Waals surface area contributed by atoms with Crippen LogP contribution in [0.5, 0.6) is 0 Å². The summed E-state index contributed by atoms with van der Waals surface area (Å²) in [7, 11) is 0. The molecule has 4 rings (SSSR count). The second-order valence-electron chi connectivity index (χ2n) is 6.09. The lowest BCUT2D eigenvalue weighted by molar-refractivity contribution is -0.0565. The highest BCUT2D eigenvalue weighted by Crippen LogP contribution is 2.32. The molecule has 27 heavy (non-hydrogen) atoms. The summed E-state index contributed by atoms with van der Waals surface area (Å²) in [4.78, 5) is 24.1. The van der Waals surface area contributed by atoms with E-state index in [0.717, 1.165) is 0 Å². The molecule has 140 valence electrons. The Morgan fingerprint density at radius 1 is 1.19 bits per heavy atom. The van der Waals surface area contributed by atoms with E-state index in [0.29, 0.717) is 16.7 Å². The van der Waals surface area contributed by atoms with Crippen molar-refractivity contribution >= 4 is 23.0 Å². The smallest absolute Gasteiger partial charge is 0.338 e. The number of nitrogen functional groups attached to an aromatic ring is 1. The fourth-order valence-corrected chi connectivity index (χ4v) is 2.97. The molecule has 10 heteroatoms. The molecule has 1 aliphatic rings. The van der Waals surface area contributed by atoms with Gasteiger partial charge in [-0.1, -0.05) is 18.2 Å². The first-order valence-corrected chi connectivity index (χ1v) is 8.23. The number of hydrogen-bond acceptors (Lipinski definition) is 9. The number of rotatable bonds is 4. The van der Waals surface area contributed by atoms with Gasteiger partial charge in [-0.25, -0.2) is 19.7 Å². The van der Waals surface area contributed by atoms with Gasteiger partial charge in [0.25, 0.3) is 0 Å². The number of nitrogens with two attached hydrogens (primary N) is 1. The Balaban J connectivity index is 1.49. The minimum atomic E-state index is -1.26. The molecule has 0 spiro atoms. The van der Waals surface area contributed by atoms with Crippen LogP contribution in [0.3, 0.4) is 0 Å². The molecule has 0 saturated carbocycles. The van der Waals surface area contributed by atoms with E-state index in [1.165, 1.54) is 17.2 Å². The average Bonchev–Trinajstić information content (AvgIpc) is 3.23. The minimum absolute atomic E-state index is 0.195. The number of carbonyl (C=O) groups excluding carboxylic acids is 1. The first kappa shape index (κ1) is 17.3. The number of fused-ring (bicyclic) bond motifs is 1. The Kier molecular flexibility index (Phi) is 4.44. The van der Waals surface area contributed by atoms with E-state index in [9.17, 15) is 15.0 Å². The number of anilines is 1. The molecule has 1 saturated heterocycles. The SMILES string of the molecule is Nc1ncnc2c1ncn2[C@H]1O[C@H](COC(=O)c2ccccc2)[C@@H](O)[C@@H]1O. The highest BCUT2D eigenvalue weighted by atomic mass is 16.6. The van der Waals surface area contributed by atoms with Gasteiger partial charge >= 0.3 is 5.97 Å². The highest BCUT2D eigenvalue weighted by Gasteiger charge is 2.45. The van der Waals surface area contributed by atoms with Crippen LogP contribution in [0.2, 0.25) is 0 Å². The molecule has 4 atom stereocenters. The summed E-state index contributed by atoms with van der Waals surface area (Å²) in [5, 5.41) is 20.7. The van der Waals surface area contributed by atoms with Crippen LogP contribution in [-0.2, 0) is 9.47 Å². The molecular weight excluding hydrogens is 354 g/mol. The van der Waals surface area contributed by atoms with Crippen LogP contribution in [0.1, 0.15) is 16.6 Å². The predicted octanol–water partition coefficient (Wildman–Crippen LogP) is -0.115. The number of nitrogens with zero attached hydrogens (tertiary/aromatic N) is 4. The van der Waals surface area contributed by atoms with Crippen LogP contribution in [0.15, 0.2) is 43.0 Å². The lowest BCUT2D eigenvalue weighted by Crippen LogP contribution is -2.34. The summed E-state index contributed by atoms with van der Waals surface area (Å²) in [6.07, 6.45) is -1.72. The van der Waals surface area contributed by atoms with Crippen LogP contribution in [-0.4, -0.2) is 60.6 Å². The first-order valence-electron chi connectivity index (χ1n) is 8.23. The quantitative estimate of drug-likeness (QED) is 0.534. The molecule has 10 nitrogen and oxygen atoms in total. The summed E-state index contributed by atoms with van der Waals surface area (Å²) < 4.78 is 12.4. The van der Waals surface area contributed by atoms with Gasteiger partial charge in [0.2, 0.25) is 0 Å². The van der Waals surface area contributed by atoms with Crippen molar-refractivity contribution in [2.24, 2.45) is 0 Å². The van der Waals surface area contributed by atoms with Crippen molar-refractivity contribution in [1.29, 1.82) is 0 Å². The van der Waals surface area contributed by atoms with Gasteiger partial charge in [0.15, 0.2) is 17.7 Å². The maximum absolute atomic E-state index is 12.0. The molecule has 0 aliphatic carbocycles. The molecule has 2 aromatic heterocycles. The van der Waals surface area contributed by atoms with Gasteiger partial charge in [-0.2, -0.15) is 0 Å². The van der Waals surface area contributed by atoms with E-state index in [4.69, 9.17) is 15.2 Å². The summed E-state index contributed by atoms with van der Waals surface area (Å²) in [6.45, 7) is -0.216. The number of aromatic nitrogens is 4. The number of aliphatic hydroxyl groups is 2. The van der Waals surface area contributed by atoms with Crippen molar-refractivity contribution < 1.29 is 24.5 Å². The van der Waals surface area contributed by atoms with E-state index in [-0.39, 0.29) is 12.4 Å². The Morgan fingerprint density at radius 2 is 1.96 bits per heavy atom. The second kappa shape index (κ2) is 6.91. The Morgan fingerprint density at radius 3 is 2.74 bits per heavy atom. The van der Waals surface area contributed by atoms with E-state index in [1.807, 2.05) is 0 Å². The fourth-order valence-electron chi connectivity index (χ4n) is 2.97. The first-order chi connectivity index (χ1) is 13.1. The Labute approximate surface area is 153 Å². The van der Waals surface area contributed by atoms with Crippen molar-refractivity contribution in [3.05, 3.63) is 48.5 Å². The molecule has 3 aromatic rings. The summed E-state index contributed by atoms with van der Waals surface area (Å²) in [5.41, 5.74) is 6.87. The van der Waals surface area contributed by atoms with Gasteiger partial charge in [0.1, 0.15) is 36.8 Å².